The first-order chi connectivity index (χ1) is 15.1. The lowest BCUT2D eigenvalue weighted by molar-refractivity contribution is -0.126. The summed E-state index contributed by atoms with van der Waals surface area (Å²) in [6.45, 7) is 8.86. The number of carbonyl (C=O) groups excluding carboxylic acids is 2. The van der Waals surface area contributed by atoms with Crippen LogP contribution in [-0.2, 0) is 9.53 Å². The van der Waals surface area contributed by atoms with Crippen LogP contribution in [-0.4, -0.2) is 42.6 Å². The normalized spacial score (nSPS) is 12.8. The highest BCUT2D eigenvalue weighted by molar-refractivity contribution is 5.86. The summed E-state index contributed by atoms with van der Waals surface area (Å²) in [7, 11) is 1.50. The molecule has 8 nitrogen and oxygen atoms in total. The lowest BCUT2D eigenvalue weighted by atomic mass is 10.0. The van der Waals surface area contributed by atoms with E-state index < -0.39 is 18.4 Å². The molecule has 2 rings (SSSR count). The third-order valence-corrected chi connectivity index (χ3v) is 4.59. The molecule has 0 aliphatic rings. The quantitative estimate of drug-likeness (QED) is 0.504. The van der Waals surface area contributed by atoms with Crippen molar-refractivity contribution in [1.82, 2.24) is 10.6 Å². The van der Waals surface area contributed by atoms with Gasteiger partial charge in [0.1, 0.15) is 11.8 Å². The molecule has 2 atom stereocenters. The van der Waals surface area contributed by atoms with Crippen molar-refractivity contribution in [2.24, 2.45) is 5.92 Å². The van der Waals surface area contributed by atoms with Gasteiger partial charge >= 0.3 is 6.09 Å². The minimum absolute atomic E-state index is 0.0763. The van der Waals surface area contributed by atoms with Crippen molar-refractivity contribution >= 4 is 12.0 Å². The fraction of sp³-hybridized carbons (Fsp3) is 0.417. The summed E-state index contributed by atoms with van der Waals surface area (Å²) in [5.41, 5.74) is 1.80. The standard InChI is InChI=1S/C24H32N2O6/c1-14(2)22(26-24(29)31-15(3)4)23(28)25-16(5)32-19-10-7-17(8-11-19)18-9-12-20(27)21(13-18)30-6/h7-16,22,27H,1-6H3,(H,25,28)(H,26,29). The van der Waals surface area contributed by atoms with E-state index in [4.69, 9.17) is 14.2 Å². The van der Waals surface area contributed by atoms with Crippen LogP contribution < -0.4 is 20.1 Å². The number of aromatic hydroxyl groups is 1. The van der Waals surface area contributed by atoms with Crippen LogP contribution in [0.1, 0.15) is 34.6 Å². The fourth-order valence-corrected chi connectivity index (χ4v) is 3.02. The molecule has 0 fully saturated rings. The molecule has 3 N–H and O–H groups in total. The number of phenolic OH excluding ortho intramolecular Hbond substituents is 1. The number of rotatable bonds is 9. The van der Waals surface area contributed by atoms with E-state index in [1.54, 1.807) is 51.1 Å². The molecular weight excluding hydrogens is 412 g/mol. The zero-order chi connectivity index (χ0) is 23.8. The van der Waals surface area contributed by atoms with Crippen molar-refractivity contribution in [3.8, 4) is 28.4 Å². The van der Waals surface area contributed by atoms with Crippen LogP contribution in [0.25, 0.3) is 11.1 Å². The number of nitrogens with one attached hydrogen (secondary N) is 2. The highest BCUT2D eigenvalue weighted by atomic mass is 16.6. The maximum atomic E-state index is 12.6. The van der Waals surface area contributed by atoms with Gasteiger partial charge in [0.2, 0.25) is 5.91 Å². The second-order valence-electron chi connectivity index (χ2n) is 8.00. The Bertz CT molecular complexity index is 911. The van der Waals surface area contributed by atoms with Gasteiger partial charge in [-0.15, -0.1) is 0 Å². The average molecular weight is 445 g/mol. The Hall–Kier alpha value is -3.42. The molecule has 0 bridgehead atoms. The molecule has 0 spiro atoms. The first-order valence-corrected chi connectivity index (χ1v) is 10.5. The van der Waals surface area contributed by atoms with Gasteiger partial charge < -0.3 is 30.0 Å². The van der Waals surface area contributed by atoms with Crippen molar-refractivity contribution in [3.63, 3.8) is 0 Å². The fourth-order valence-electron chi connectivity index (χ4n) is 3.02. The van der Waals surface area contributed by atoms with Gasteiger partial charge in [0, 0.05) is 0 Å². The van der Waals surface area contributed by atoms with Gasteiger partial charge in [0.15, 0.2) is 17.7 Å². The molecule has 32 heavy (non-hydrogen) atoms. The Morgan fingerprint density at radius 3 is 2.09 bits per heavy atom. The van der Waals surface area contributed by atoms with Crippen molar-refractivity contribution in [2.75, 3.05) is 7.11 Å². The van der Waals surface area contributed by atoms with Gasteiger partial charge in [-0.25, -0.2) is 4.79 Å². The molecule has 0 aliphatic heterocycles. The Morgan fingerprint density at radius 1 is 0.906 bits per heavy atom. The third-order valence-electron chi connectivity index (χ3n) is 4.59. The van der Waals surface area contributed by atoms with Crippen LogP contribution in [0.4, 0.5) is 4.79 Å². The summed E-state index contributed by atoms with van der Waals surface area (Å²) >= 11 is 0. The van der Waals surface area contributed by atoms with E-state index in [2.05, 4.69) is 10.6 Å². The summed E-state index contributed by atoms with van der Waals surface area (Å²) in [5, 5.41) is 15.1. The third kappa shape index (κ3) is 7.08. The molecule has 2 aromatic carbocycles. The Morgan fingerprint density at radius 2 is 1.53 bits per heavy atom. The second-order valence-corrected chi connectivity index (χ2v) is 8.00. The number of amides is 2. The predicted molar refractivity (Wildman–Crippen MR) is 122 cm³/mol. The summed E-state index contributed by atoms with van der Waals surface area (Å²) in [4.78, 5) is 24.5. The van der Waals surface area contributed by atoms with Gasteiger partial charge in [-0.1, -0.05) is 32.0 Å². The minimum atomic E-state index is -0.751. The molecule has 2 aromatic rings. The van der Waals surface area contributed by atoms with E-state index in [-0.39, 0.29) is 23.7 Å². The first kappa shape index (κ1) is 24.8. The van der Waals surface area contributed by atoms with Crippen LogP contribution in [0.5, 0.6) is 17.2 Å². The second kappa shape index (κ2) is 11.3. The zero-order valence-corrected chi connectivity index (χ0v) is 19.3. The van der Waals surface area contributed by atoms with E-state index in [0.717, 1.165) is 11.1 Å². The molecule has 0 saturated heterocycles. The maximum absolute atomic E-state index is 12.6. The smallest absolute Gasteiger partial charge is 0.408 e. The molecule has 0 radical (unpaired) electrons. The molecule has 0 saturated carbocycles. The summed E-state index contributed by atoms with van der Waals surface area (Å²) in [5.74, 6) is 0.544. The lowest BCUT2D eigenvalue weighted by Crippen LogP contribution is -2.52. The number of ether oxygens (including phenoxy) is 3. The highest BCUT2D eigenvalue weighted by Gasteiger charge is 2.26. The van der Waals surface area contributed by atoms with Crippen molar-refractivity contribution < 1.29 is 28.9 Å². The first-order valence-electron chi connectivity index (χ1n) is 10.5. The van der Waals surface area contributed by atoms with E-state index in [1.807, 2.05) is 26.0 Å². The predicted octanol–water partition coefficient (Wildman–Crippen LogP) is 4.07. The van der Waals surface area contributed by atoms with Crippen LogP contribution in [0, 0.1) is 5.92 Å². The lowest BCUT2D eigenvalue weighted by Gasteiger charge is -2.24. The number of phenols is 1. The largest absolute Gasteiger partial charge is 0.504 e. The maximum Gasteiger partial charge on any atom is 0.408 e. The number of methoxy groups -OCH3 is 1. The van der Waals surface area contributed by atoms with Crippen molar-refractivity contribution in [2.45, 2.75) is 53.0 Å². The molecule has 174 valence electrons. The SMILES string of the molecule is COc1cc(-c2ccc(OC(C)NC(=O)C(NC(=O)OC(C)C)C(C)C)cc2)ccc1O. The number of hydrogen-bond donors (Lipinski definition) is 3. The molecule has 2 unspecified atom stereocenters. The molecule has 0 aromatic heterocycles. The number of hydrogen-bond acceptors (Lipinski definition) is 6. The van der Waals surface area contributed by atoms with Gasteiger partial charge in [0.25, 0.3) is 0 Å². The van der Waals surface area contributed by atoms with Crippen LogP contribution in [0.15, 0.2) is 42.5 Å². The Kier molecular flexibility index (Phi) is 8.75. The topological polar surface area (TPSA) is 106 Å². The van der Waals surface area contributed by atoms with Crippen LogP contribution in [0.2, 0.25) is 0 Å². The van der Waals surface area contributed by atoms with E-state index in [9.17, 15) is 14.7 Å². The number of alkyl carbamates (subject to hydrolysis) is 1. The van der Waals surface area contributed by atoms with E-state index in [0.29, 0.717) is 11.5 Å². The van der Waals surface area contributed by atoms with Crippen LogP contribution in [0.3, 0.4) is 0 Å². The van der Waals surface area contributed by atoms with Crippen LogP contribution >= 0.6 is 0 Å². The molecule has 8 heteroatoms. The van der Waals surface area contributed by atoms with Crippen molar-refractivity contribution in [3.05, 3.63) is 42.5 Å². The van der Waals surface area contributed by atoms with Crippen molar-refractivity contribution in [1.29, 1.82) is 0 Å². The average Bonchev–Trinajstić information content (AvgIpc) is 2.72. The van der Waals surface area contributed by atoms with Gasteiger partial charge in [-0.2, -0.15) is 0 Å². The zero-order valence-electron chi connectivity index (χ0n) is 19.3. The monoisotopic (exact) mass is 444 g/mol. The minimum Gasteiger partial charge on any atom is -0.504 e. The Balaban J connectivity index is 1.98. The summed E-state index contributed by atoms with van der Waals surface area (Å²) in [6.07, 6.45) is -1.53. The number of benzene rings is 2. The van der Waals surface area contributed by atoms with Gasteiger partial charge in [-0.3, -0.25) is 4.79 Å². The molecular formula is C24H32N2O6. The van der Waals surface area contributed by atoms with E-state index >= 15 is 0 Å². The Labute approximate surface area is 188 Å². The number of carbonyl (C=O) groups is 2. The molecule has 0 aliphatic carbocycles. The highest BCUT2D eigenvalue weighted by Crippen LogP contribution is 2.32. The van der Waals surface area contributed by atoms with Gasteiger partial charge in [-0.05, 0) is 62.1 Å². The molecule has 2 amide bonds. The summed E-state index contributed by atoms with van der Waals surface area (Å²) in [6, 6.07) is 11.7. The van der Waals surface area contributed by atoms with E-state index in [1.165, 1.54) is 7.11 Å². The summed E-state index contributed by atoms with van der Waals surface area (Å²) < 4.78 is 16.0. The molecule has 0 heterocycles. The van der Waals surface area contributed by atoms with Gasteiger partial charge in [0.05, 0.1) is 13.2 Å².